The highest BCUT2D eigenvalue weighted by Gasteiger charge is 2.25. The van der Waals surface area contributed by atoms with Crippen molar-refractivity contribution in [3.8, 4) is 0 Å². The standard InChI is InChI=1S/C25H29N3O4S/c29-24(26-16-20-10-4-3-5-11-20)19-33(31,32)23-17-28(22-13-7-6-12-21(22)23)18-25(30)27-14-8-1-2-9-15-27/h3-7,10-13,17H,1-2,8-9,14-16,18-19H2,(H,26,29). The molecule has 174 valence electrons. The van der Waals surface area contributed by atoms with Crippen LogP contribution in [0.5, 0.6) is 0 Å². The first-order valence-electron chi connectivity index (χ1n) is 11.3. The Kier molecular flexibility index (Phi) is 7.13. The highest BCUT2D eigenvalue weighted by molar-refractivity contribution is 7.92. The third-order valence-electron chi connectivity index (χ3n) is 6.01. The lowest BCUT2D eigenvalue weighted by Gasteiger charge is -2.20. The zero-order valence-electron chi connectivity index (χ0n) is 18.6. The van der Waals surface area contributed by atoms with Gasteiger partial charge >= 0.3 is 0 Å². The summed E-state index contributed by atoms with van der Waals surface area (Å²) < 4.78 is 28.0. The van der Waals surface area contributed by atoms with E-state index in [2.05, 4.69) is 5.32 Å². The van der Waals surface area contributed by atoms with Crippen molar-refractivity contribution in [3.63, 3.8) is 0 Å². The quantitative estimate of drug-likeness (QED) is 0.578. The van der Waals surface area contributed by atoms with Gasteiger partial charge < -0.3 is 14.8 Å². The number of nitrogens with zero attached hydrogens (tertiary/aromatic N) is 2. The topological polar surface area (TPSA) is 88.5 Å². The molecule has 1 aliphatic heterocycles. The molecule has 1 aliphatic rings. The summed E-state index contributed by atoms with van der Waals surface area (Å²) in [6.07, 6.45) is 5.75. The Balaban J connectivity index is 1.52. The maximum atomic E-state index is 13.1. The fraction of sp³-hybridized carbons (Fsp3) is 0.360. The molecule has 0 radical (unpaired) electrons. The summed E-state index contributed by atoms with van der Waals surface area (Å²) >= 11 is 0. The maximum Gasteiger partial charge on any atom is 0.242 e. The number of aromatic nitrogens is 1. The predicted octanol–water partition coefficient (Wildman–Crippen LogP) is 3.13. The minimum absolute atomic E-state index is 0.0118. The number of amides is 2. The second-order valence-electron chi connectivity index (χ2n) is 8.45. The number of sulfone groups is 1. The van der Waals surface area contributed by atoms with E-state index < -0.39 is 21.5 Å². The SMILES string of the molecule is O=C(CS(=O)(=O)c1cn(CC(=O)N2CCCCCC2)c2ccccc12)NCc1ccccc1. The largest absolute Gasteiger partial charge is 0.351 e. The Morgan fingerprint density at radius 3 is 2.27 bits per heavy atom. The molecule has 4 rings (SSSR count). The van der Waals surface area contributed by atoms with E-state index in [1.165, 1.54) is 6.20 Å². The monoisotopic (exact) mass is 467 g/mol. The van der Waals surface area contributed by atoms with Crippen LogP contribution in [0.2, 0.25) is 0 Å². The lowest BCUT2D eigenvalue weighted by Crippen LogP contribution is -2.34. The number of nitrogens with one attached hydrogen (secondary N) is 1. The molecule has 1 saturated heterocycles. The highest BCUT2D eigenvalue weighted by Crippen LogP contribution is 2.26. The van der Waals surface area contributed by atoms with E-state index in [0.29, 0.717) is 10.9 Å². The third-order valence-corrected chi connectivity index (χ3v) is 7.64. The van der Waals surface area contributed by atoms with Crippen LogP contribution in [-0.2, 0) is 32.5 Å². The molecule has 0 spiro atoms. The van der Waals surface area contributed by atoms with Crippen LogP contribution in [0.25, 0.3) is 10.9 Å². The van der Waals surface area contributed by atoms with Crippen LogP contribution in [-0.4, -0.2) is 48.5 Å². The van der Waals surface area contributed by atoms with Crippen molar-refractivity contribution in [2.75, 3.05) is 18.8 Å². The third kappa shape index (κ3) is 5.63. The molecule has 0 unspecified atom stereocenters. The summed E-state index contributed by atoms with van der Waals surface area (Å²) in [7, 11) is -3.89. The number of hydrogen-bond acceptors (Lipinski definition) is 4. The molecule has 3 aromatic rings. The smallest absolute Gasteiger partial charge is 0.242 e. The van der Waals surface area contributed by atoms with Crippen LogP contribution in [0.15, 0.2) is 65.7 Å². The van der Waals surface area contributed by atoms with Crippen molar-refractivity contribution in [3.05, 3.63) is 66.4 Å². The van der Waals surface area contributed by atoms with E-state index in [4.69, 9.17) is 0 Å². The molecule has 2 aromatic carbocycles. The van der Waals surface area contributed by atoms with E-state index in [9.17, 15) is 18.0 Å². The van der Waals surface area contributed by atoms with Gasteiger partial charge in [0.05, 0.1) is 4.90 Å². The van der Waals surface area contributed by atoms with Gasteiger partial charge in [-0.25, -0.2) is 8.42 Å². The van der Waals surface area contributed by atoms with Crippen LogP contribution >= 0.6 is 0 Å². The predicted molar refractivity (Wildman–Crippen MR) is 127 cm³/mol. The van der Waals surface area contributed by atoms with Gasteiger partial charge in [-0.15, -0.1) is 0 Å². The lowest BCUT2D eigenvalue weighted by atomic mass is 10.2. The molecule has 0 aliphatic carbocycles. The molecule has 2 amide bonds. The molecule has 0 bridgehead atoms. The number of benzene rings is 2. The summed E-state index contributed by atoms with van der Waals surface area (Å²) in [6, 6.07) is 16.4. The molecular weight excluding hydrogens is 438 g/mol. The Morgan fingerprint density at radius 1 is 0.879 bits per heavy atom. The average molecular weight is 468 g/mol. The zero-order chi connectivity index (χ0) is 23.3. The van der Waals surface area contributed by atoms with Crippen LogP contribution in [0.3, 0.4) is 0 Å². The van der Waals surface area contributed by atoms with Gasteiger partial charge in [0.2, 0.25) is 11.8 Å². The molecule has 1 N–H and O–H groups in total. The molecule has 1 aromatic heterocycles. The Hall–Kier alpha value is -3.13. The van der Waals surface area contributed by atoms with Crippen molar-refractivity contribution in [2.45, 2.75) is 43.7 Å². The van der Waals surface area contributed by atoms with Gasteiger partial charge in [-0.3, -0.25) is 9.59 Å². The molecule has 7 nitrogen and oxygen atoms in total. The van der Waals surface area contributed by atoms with Crippen molar-refractivity contribution in [2.24, 2.45) is 0 Å². The van der Waals surface area contributed by atoms with Gasteiger partial charge in [0, 0.05) is 36.7 Å². The summed E-state index contributed by atoms with van der Waals surface area (Å²) in [6.45, 7) is 1.83. The van der Waals surface area contributed by atoms with Crippen LogP contribution in [0.4, 0.5) is 0 Å². The number of hydrogen-bond donors (Lipinski definition) is 1. The van der Waals surface area contributed by atoms with Gasteiger partial charge in [-0.1, -0.05) is 61.4 Å². The molecule has 33 heavy (non-hydrogen) atoms. The summed E-state index contributed by atoms with van der Waals surface area (Å²) in [5.41, 5.74) is 1.57. The molecule has 0 saturated carbocycles. The normalized spacial score (nSPS) is 14.7. The van der Waals surface area contributed by atoms with Gasteiger partial charge in [-0.2, -0.15) is 0 Å². The minimum atomic E-state index is -3.89. The van der Waals surface area contributed by atoms with E-state index >= 15 is 0 Å². The van der Waals surface area contributed by atoms with E-state index in [1.54, 1.807) is 22.8 Å². The van der Waals surface area contributed by atoms with Crippen molar-refractivity contribution >= 4 is 32.6 Å². The van der Waals surface area contributed by atoms with Gasteiger partial charge in [0.1, 0.15) is 12.3 Å². The number of carbonyl (C=O) groups excluding carboxylic acids is 2. The summed E-state index contributed by atoms with van der Waals surface area (Å²) in [4.78, 5) is 27.3. The highest BCUT2D eigenvalue weighted by atomic mass is 32.2. The molecule has 1 fully saturated rings. The van der Waals surface area contributed by atoms with E-state index in [0.717, 1.165) is 44.3 Å². The average Bonchev–Trinajstić information content (AvgIpc) is 2.98. The second-order valence-corrected chi connectivity index (χ2v) is 10.4. The molecular formula is C25H29N3O4S. The molecule has 2 heterocycles. The van der Waals surface area contributed by atoms with Crippen LogP contribution < -0.4 is 5.32 Å². The first kappa shape index (κ1) is 23.0. The van der Waals surface area contributed by atoms with Crippen molar-refractivity contribution in [1.29, 1.82) is 0 Å². The number of para-hydroxylation sites is 1. The van der Waals surface area contributed by atoms with Gasteiger partial charge in [-0.05, 0) is 24.5 Å². The molecule has 8 heteroatoms. The van der Waals surface area contributed by atoms with Crippen molar-refractivity contribution < 1.29 is 18.0 Å². The van der Waals surface area contributed by atoms with Gasteiger partial charge in [0.25, 0.3) is 0 Å². The van der Waals surface area contributed by atoms with E-state index in [-0.39, 0.29) is 23.9 Å². The second kappa shape index (κ2) is 10.2. The van der Waals surface area contributed by atoms with Gasteiger partial charge in [0.15, 0.2) is 9.84 Å². The fourth-order valence-corrected chi connectivity index (χ4v) is 5.65. The first-order chi connectivity index (χ1) is 15.9. The zero-order valence-corrected chi connectivity index (χ0v) is 19.4. The number of likely N-dealkylation sites (tertiary alicyclic amines) is 1. The number of carbonyl (C=O) groups is 2. The lowest BCUT2D eigenvalue weighted by molar-refractivity contribution is -0.131. The van der Waals surface area contributed by atoms with E-state index in [1.807, 2.05) is 41.3 Å². The number of rotatable bonds is 7. The van der Waals surface area contributed by atoms with Crippen LogP contribution in [0.1, 0.15) is 31.2 Å². The first-order valence-corrected chi connectivity index (χ1v) is 13.0. The Labute approximate surface area is 194 Å². The van der Waals surface area contributed by atoms with Crippen molar-refractivity contribution in [1.82, 2.24) is 14.8 Å². The minimum Gasteiger partial charge on any atom is -0.351 e. The number of fused-ring (bicyclic) bond motifs is 1. The molecule has 0 atom stereocenters. The summed E-state index contributed by atoms with van der Waals surface area (Å²) in [5, 5.41) is 3.20. The maximum absolute atomic E-state index is 13.1. The van der Waals surface area contributed by atoms with Crippen LogP contribution in [0, 0.1) is 0 Å². The Bertz CT molecular complexity index is 1230. The Morgan fingerprint density at radius 2 is 1.55 bits per heavy atom. The summed E-state index contributed by atoms with van der Waals surface area (Å²) in [5.74, 6) is -1.22. The fourth-order valence-electron chi connectivity index (χ4n) is 4.26.